The van der Waals surface area contributed by atoms with Crippen LogP contribution in [0.3, 0.4) is 0 Å². The first kappa shape index (κ1) is 18.1. The summed E-state index contributed by atoms with van der Waals surface area (Å²) in [5.74, 6) is -1.44. The van der Waals surface area contributed by atoms with E-state index in [1.54, 1.807) is 22.9 Å². The number of likely N-dealkylation sites (tertiary alicyclic amines) is 1. The maximum absolute atomic E-state index is 13.1. The molecule has 1 aliphatic heterocycles. The maximum Gasteiger partial charge on any atom is 0.308 e. The highest BCUT2D eigenvalue weighted by molar-refractivity contribution is 5.95. The summed E-state index contributed by atoms with van der Waals surface area (Å²) in [6, 6.07) is 9.53. The molecule has 0 spiro atoms. The molecular formula is C19H23N3O4. The van der Waals surface area contributed by atoms with Crippen LogP contribution in [0, 0.1) is 11.8 Å². The Hall–Kier alpha value is -2.67. The van der Waals surface area contributed by atoms with Crippen LogP contribution in [0.25, 0.3) is 5.69 Å². The molecule has 1 aliphatic rings. The number of para-hydroxylation sites is 1. The van der Waals surface area contributed by atoms with E-state index in [4.69, 9.17) is 4.74 Å². The number of carboxylic acid groups (broad SMARTS) is 1. The van der Waals surface area contributed by atoms with E-state index in [0.29, 0.717) is 24.2 Å². The third-order valence-corrected chi connectivity index (χ3v) is 4.68. The van der Waals surface area contributed by atoms with E-state index in [1.165, 1.54) is 0 Å². The molecule has 1 N–H and O–H groups in total. The zero-order valence-electron chi connectivity index (χ0n) is 15.0. The van der Waals surface area contributed by atoms with Gasteiger partial charge < -0.3 is 14.7 Å². The van der Waals surface area contributed by atoms with E-state index in [2.05, 4.69) is 5.10 Å². The van der Waals surface area contributed by atoms with Crippen molar-refractivity contribution in [3.8, 4) is 5.69 Å². The Bertz CT molecular complexity index is 787. The van der Waals surface area contributed by atoms with Gasteiger partial charge in [-0.25, -0.2) is 4.68 Å². The van der Waals surface area contributed by atoms with Crippen molar-refractivity contribution in [2.24, 2.45) is 11.8 Å². The Morgan fingerprint density at radius 1 is 1.27 bits per heavy atom. The van der Waals surface area contributed by atoms with Gasteiger partial charge >= 0.3 is 5.97 Å². The number of carboxylic acids is 1. The second-order valence-electron chi connectivity index (χ2n) is 6.77. The number of nitrogens with zero attached hydrogens (tertiary/aromatic N) is 3. The van der Waals surface area contributed by atoms with Crippen molar-refractivity contribution in [1.82, 2.24) is 14.7 Å². The van der Waals surface area contributed by atoms with Crippen molar-refractivity contribution in [3.63, 3.8) is 0 Å². The number of ether oxygens (including phenoxy) is 1. The molecule has 2 atom stereocenters. The first-order valence-electron chi connectivity index (χ1n) is 8.64. The van der Waals surface area contributed by atoms with Gasteiger partial charge in [0, 0.05) is 20.2 Å². The van der Waals surface area contributed by atoms with Gasteiger partial charge in [-0.3, -0.25) is 9.59 Å². The van der Waals surface area contributed by atoms with Crippen molar-refractivity contribution < 1.29 is 19.4 Å². The molecule has 3 rings (SSSR count). The quantitative estimate of drug-likeness (QED) is 0.887. The Morgan fingerprint density at radius 2 is 2.00 bits per heavy atom. The molecule has 0 radical (unpaired) electrons. The van der Waals surface area contributed by atoms with Crippen molar-refractivity contribution in [1.29, 1.82) is 0 Å². The molecule has 0 bridgehead atoms. The molecule has 1 aromatic heterocycles. The number of rotatable bonds is 5. The van der Waals surface area contributed by atoms with Crippen LogP contribution in [0.1, 0.15) is 29.4 Å². The first-order chi connectivity index (χ1) is 12.5. The van der Waals surface area contributed by atoms with Crippen LogP contribution in [0.4, 0.5) is 0 Å². The minimum Gasteiger partial charge on any atom is -0.481 e. The van der Waals surface area contributed by atoms with E-state index in [1.807, 2.05) is 37.3 Å². The standard InChI is InChI=1S/C19H23N3O4/c1-13-8-14(19(24)25)11-21(10-13)18(23)16-9-20-22(17(16)12-26-2)15-6-4-3-5-7-15/h3-7,9,13-14H,8,10-12H2,1-2H3,(H,24,25). The van der Waals surface area contributed by atoms with E-state index < -0.39 is 11.9 Å². The number of aromatic nitrogens is 2. The number of methoxy groups -OCH3 is 1. The fourth-order valence-electron chi connectivity index (χ4n) is 3.49. The third kappa shape index (κ3) is 3.62. The largest absolute Gasteiger partial charge is 0.481 e. The lowest BCUT2D eigenvalue weighted by Crippen LogP contribution is -2.45. The summed E-state index contributed by atoms with van der Waals surface area (Å²) < 4.78 is 6.97. The highest BCUT2D eigenvalue weighted by Gasteiger charge is 2.33. The Balaban J connectivity index is 1.92. The number of benzene rings is 1. The van der Waals surface area contributed by atoms with Crippen LogP contribution in [0.2, 0.25) is 0 Å². The normalized spacial score (nSPS) is 20.2. The minimum atomic E-state index is -0.855. The van der Waals surface area contributed by atoms with Gasteiger partial charge in [0.1, 0.15) is 0 Å². The van der Waals surface area contributed by atoms with E-state index in [-0.39, 0.29) is 25.0 Å². The van der Waals surface area contributed by atoms with Gasteiger partial charge in [0.05, 0.1) is 35.7 Å². The highest BCUT2D eigenvalue weighted by atomic mass is 16.5. The molecule has 2 heterocycles. The fraction of sp³-hybridized carbons (Fsp3) is 0.421. The lowest BCUT2D eigenvalue weighted by molar-refractivity contribution is -0.143. The second kappa shape index (κ2) is 7.70. The van der Waals surface area contributed by atoms with Crippen molar-refractivity contribution in [2.75, 3.05) is 20.2 Å². The van der Waals surface area contributed by atoms with Crippen molar-refractivity contribution in [2.45, 2.75) is 20.0 Å². The SMILES string of the molecule is COCc1c(C(=O)N2CC(C)CC(C(=O)O)C2)cnn1-c1ccccc1. The molecule has 7 nitrogen and oxygen atoms in total. The Kier molecular flexibility index (Phi) is 5.37. The predicted molar refractivity (Wildman–Crippen MR) is 95.1 cm³/mol. The molecule has 1 fully saturated rings. The summed E-state index contributed by atoms with van der Waals surface area (Å²) in [4.78, 5) is 26.1. The number of piperidine rings is 1. The number of amides is 1. The topological polar surface area (TPSA) is 84.7 Å². The molecule has 0 aliphatic carbocycles. The van der Waals surface area contributed by atoms with Gasteiger partial charge in [0.2, 0.25) is 0 Å². The maximum atomic E-state index is 13.1. The molecular weight excluding hydrogens is 334 g/mol. The number of carbonyl (C=O) groups is 2. The molecule has 1 amide bonds. The third-order valence-electron chi connectivity index (χ3n) is 4.68. The Labute approximate surface area is 152 Å². The zero-order chi connectivity index (χ0) is 18.7. The van der Waals surface area contributed by atoms with Gasteiger partial charge in [-0.2, -0.15) is 5.10 Å². The molecule has 26 heavy (non-hydrogen) atoms. The van der Waals surface area contributed by atoms with Crippen molar-refractivity contribution >= 4 is 11.9 Å². The van der Waals surface area contributed by atoms with Crippen LogP contribution in [-0.2, 0) is 16.1 Å². The van der Waals surface area contributed by atoms with E-state index >= 15 is 0 Å². The van der Waals surface area contributed by atoms with Crippen LogP contribution < -0.4 is 0 Å². The van der Waals surface area contributed by atoms with Gasteiger partial charge in [-0.1, -0.05) is 25.1 Å². The molecule has 2 unspecified atom stereocenters. The fourth-order valence-corrected chi connectivity index (χ4v) is 3.49. The number of hydrogen-bond acceptors (Lipinski definition) is 4. The Morgan fingerprint density at radius 3 is 2.65 bits per heavy atom. The average Bonchev–Trinajstić information content (AvgIpc) is 3.05. The molecule has 0 saturated carbocycles. The van der Waals surface area contributed by atoms with Gasteiger partial charge in [-0.05, 0) is 24.5 Å². The average molecular weight is 357 g/mol. The summed E-state index contributed by atoms with van der Waals surface area (Å²) >= 11 is 0. The summed E-state index contributed by atoms with van der Waals surface area (Å²) in [6.07, 6.45) is 2.13. The summed E-state index contributed by atoms with van der Waals surface area (Å²) in [5, 5.41) is 13.7. The first-order valence-corrected chi connectivity index (χ1v) is 8.64. The lowest BCUT2D eigenvalue weighted by Gasteiger charge is -2.34. The molecule has 1 saturated heterocycles. The van der Waals surface area contributed by atoms with E-state index in [0.717, 1.165) is 5.69 Å². The number of hydrogen-bond donors (Lipinski definition) is 1. The van der Waals surface area contributed by atoms with Crippen molar-refractivity contribution in [3.05, 3.63) is 47.8 Å². The molecule has 7 heteroatoms. The van der Waals surface area contributed by atoms with Crippen LogP contribution in [0.15, 0.2) is 36.5 Å². The smallest absolute Gasteiger partial charge is 0.308 e. The van der Waals surface area contributed by atoms with Crippen LogP contribution in [-0.4, -0.2) is 51.9 Å². The summed E-state index contributed by atoms with van der Waals surface area (Å²) in [6.45, 7) is 2.98. The van der Waals surface area contributed by atoms with Crippen LogP contribution >= 0.6 is 0 Å². The van der Waals surface area contributed by atoms with Gasteiger partial charge in [0.15, 0.2) is 0 Å². The monoisotopic (exact) mass is 357 g/mol. The van der Waals surface area contributed by atoms with Crippen LogP contribution in [0.5, 0.6) is 0 Å². The molecule has 138 valence electrons. The van der Waals surface area contributed by atoms with E-state index in [9.17, 15) is 14.7 Å². The number of carbonyl (C=O) groups excluding carboxylic acids is 1. The predicted octanol–water partition coefficient (Wildman–Crippen LogP) is 2.20. The van der Waals surface area contributed by atoms with Gasteiger partial charge in [0.25, 0.3) is 5.91 Å². The number of aliphatic carboxylic acids is 1. The molecule has 1 aromatic carbocycles. The second-order valence-corrected chi connectivity index (χ2v) is 6.77. The lowest BCUT2D eigenvalue weighted by atomic mass is 9.90. The summed E-state index contributed by atoms with van der Waals surface area (Å²) in [5.41, 5.74) is 1.96. The highest BCUT2D eigenvalue weighted by Crippen LogP contribution is 2.25. The van der Waals surface area contributed by atoms with Gasteiger partial charge in [-0.15, -0.1) is 0 Å². The molecule has 2 aromatic rings. The summed E-state index contributed by atoms with van der Waals surface area (Å²) in [7, 11) is 1.57. The zero-order valence-corrected chi connectivity index (χ0v) is 15.0. The minimum absolute atomic E-state index is 0.142.